The number of rotatable bonds is 4. The number of hydrogen-bond acceptors (Lipinski definition) is 4. The Balaban J connectivity index is 1.43. The van der Waals surface area contributed by atoms with Crippen molar-refractivity contribution in [1.82, 2.24) is 9.80 Å². The molecule has 2 aliphatic heterocycles. The molecule has 0 bridgehead atoms. The van der Waals surface area contributed by atoms with E-state index in [-0.39, 0.29) is 16.7 Å². The fourth-order valence-electron chi connectivity index (χ4n) is 3.79. The van der Waals surface area contributed by atoms with E-state index in [9.17, 15) is 9.59 Å². The molecular formula is C20H21ClN2O3S. The number of benzene rings is 1. The molecule has 3 heterocycles. The fourth-order valence-corrected chi connectivity index (χ4v) is 5.41. The van der Waals surface area contributed by atoms with Crippen LogP contribution in [0, 0.1) is 0 Å². The van der Waals surface area contributed by atoms with E-state index in [4.69, 9.17) is 16.0 Å². The first-order chi connectivity index (χ1) is 13.1. The summed E-state index contributed by atoms with van der Waals surface area (Å²) in [6.45, 7) is 1.68. The number of amides is 2. The molecule has 2 aliphatic rings. The van der Waals surface area contributed by atoms with Crippen LogP contribution in [0.15, 0.2) is 53.1 Å². The molecule has 1 aromatic heterocycles. The van der Waals surface area contributed by atoms with Crippen molar-refractivity contribution in [2.75, 3.05) is 18.8 Å². The topological polar surface area (TPSA) is 53.8 Å². The first kappa shape index (κ1) is 18.4. The van der Waals surface area contributed by atoms with Gasteiger partial charge in [-0.05, 0) is 30.5 Å². The van der Waals surface area contributed by atoms with Gasteiger partial charge in [0.15, 0.2) is 0 Å². The van der Waals surface area contributed by atoms with E-state index >= 15 is 0 Å². The van der Waals surface area contributed by atoms with Crippen molar-refractivity contribution in [2.45, 2.75) is 29.6 Å². The molecule has 5 nitrogen and oxygen atoms in total. The molecule has 0 aliphatic carbocycles. The second-order valence-corrected chi connectivity index (χ2v) is 8.67. The third kappa shape index (κ3) is 3.60. The number of halogens is 1. The minimum Gasteiger partial charge on any atom is -0.467 e. The normalized spacial score (nSPS) is 20.3. The SMILES string of the molecule is O=C([C@H](Cl)c1ccccc1)N1CCC2(CC1)SCC(=O)N2Cc1ccco1. The highest BCUT2D eigenvalue weighted by atomic mass is 35.5. The molecule has 7 heteroatoms. The van der Waals surface area contributed by atoms with Crippen molar-refractivity contribution < 1.29 is 14.0 Å². The average molecular weight is 405 g/mol. The van der Waals surface area contributed by atoms with Crippen LogP contribution < -0.4 is 0 Å². The summed E-state index contributed by atoms with van der Waals surface area (Å²) in [7, 11) is 0. The molecule has 2 fully saturated rings. The van der Waals surface area contributed by atoms with Gasteiger partial charge in [0.05, 0.1) is 23.4 Å². The van der Waals surface area contributed by atoms with Crippen molar-refractivity contribution in [3.63, 3.8) is 0 Å². The molecule has 2 amide bonds. The van der Waals surface area contributed by atoms with E-state index in [0.29, 0.717) is 25.4 Å². The maximum Gasteiger partial charge on any atom is 0.245 e. The predicted molar refractivity (Wildman–Crippen MR) is 105 cm³/mol. The van der Waals surface area contributed by atoms with Crippen LogP contribution in [-0.2, 0) is 16.1 Å². The molecule has 1 spiro atoms. The molecule has 142 valence electrons. The molecular weight excluding hydrogens is 384 g/mol. The summed E-state index contributed by atoms with van der Waals surface area (Å²) in [6, 6.07) is 13.1. The maximum absolute atomic E-state index is 12.8. The molecule has 2 saturated heterocycles. The third-order valence-corrected chi connectivity index (χ3v) is 7.31. The monoisotopic (exact) mass is 404 g/mol. The van der Waals surface area contributed by atoms with E-state index in [1.165, 1.54) is 0 Å². The summed E-state index contributed by atoms with van der Waals surface area (Å²) in [4.78, 5) is 28.7. The van der Waals surface area contributed by atoms with Gasteiger partial charge in [-0.2, -0.15) is 0 Å². The number of piperidine rings is 1. The number of hydrogen-bond donors (Lipinski definition) is 0. The standard InChI is InChI=1S/C20H21ClN2O3S/c21-18(15-5-2-1-3-6-15)19(25)22-10-8-20(9-11-22)23(17(24)14-27-20)13-16-7-4-12-26-16/h1-7,12,18H,8-11,13-14H2/t18-/m1/s1. The minimum absolute atomic E-state index is 0.0652. The lowest BCUT2D eigenvalue weighted by Crippen LogP contribution is -2.53. The van der Waals surface area contributed by atoms with Crippen molar-refractivity contribution >= 4 is 35.2 Å². The van der Waals surface area contributed by atoms with Crippen molar-refractivity contribution in [3.8, 4) is 0 Å². The number of carbonyl (C=O) groups excluding carboxylic acids is 2. The second kappa shape index (κ2) is 7.60. The molecule has 0 saturated carbocycles. The van der Waals surface area contributed by atoms with Gasteiger partial charge in [0.1, 0.15) is 11.1 Å². The number of alkyl halides is 1. The maximum atomic E-state index is 12.8. The van der Waals surface area contributed by atoms with Gasteiger partial charge in [-0.3, -0.25) is 9.59 Å². The summed E-state index contributed by atoms with van der Waals surface area (Å²) >= 11 is 8.10. The lowest BCUT2D eigenvalue weighted by Gasteiger charge is -2.44. The Hall–Kier alpha value is -1.92. The van der Waals surface area contributed by atoms with E-state index in [0.717, 1.165) is 24.2 Å². The number of furan rings is 1. The van der Waals surface area contributed by atoms with Gasteiger partial charge in [0.25, 0.3) is 0 Å². The number of likely N-dealkylation sites (tertiary alicyclic amines) is 1. The zero-order valence-corrected chi connectivity index (χ0v) is 16.4. The lowest BCUT2D eigenvalue weighted by atomic mass is 10.0. The third-order valence-electron chi connectivity index (χ3n) is 5.32. The quantitative estimate of drug-likeness (QED) is 0.730. The molecule has 1 atom stereocenters. The number of carbonyl (C=O) groups is 2. The van der Waals surface area contributed by atoms with Crippen LogP contribution in [0.3, 0.4) is 0 Å². The van der Waals surface area contributed by atoms with E-state index in [1.807, 2.05) is 52.3 Å². The molecule has 2 aromatic rings. The Kier molecular flexibility index (Phi) is 5.19. The Morgan fingerprint density at radius 3 is 2.59 bits per heavy atom. The summed E-state index contributed by atoms with van der Waals surface area (Å²) in [5.74, 6) is 1.34. The first-order valence-corrected chi connectivity index (χ1v) is 10.5. The first-order valence-electron chi connectivity index (χ1n) is 9.04. The Bertz CT molecular complexity index is 804. The largest absolute Gasteiger partial charge is 0.467 e. The minimum atomic E-state index is -0.669. The van der Waals surface area contributed by atoms with Crippen molar-refractivity contribution in [2.24, 2.45) is 0 Å². The number of thioether (sulfide) groups is 1. The van der Waals surface area contributed by atoms with Crippen LogP contribution in [-0.4, -0.2) is 45.3 Å². The summed E-state index contributed by atoms with van der Waals surface area (Å²) in [5, 5.41) is -0.669. The van der Waals surface area contributed by atoms with Crippen LogP contribution in [0.2, 0.25) is 0 Å². The molecule has 0 unspecified atom stereocenters. The summed E-state index contributed by atoms with van der Waals surface area (Å²) in [6.07, 6.45) is 3.11. The summed E-state index contributed by atoms with van der Waals surface area (Å²) < 4.78 is 5.43. The van der Waals surface area contributed by atoms with Crippen LogP contribution in [0.4, 0.5) is 0 Å². The highest BCUT2D eigenvalue weighted by Gasteiger charge is 2.48. The van der Waals surface area contributed by atoms with Crippen LogP contribution in [0.1, 0.15) is 29.5 Å². The zero-order chi connectivity index (χ0) is 18.9. The fraction of sp³-hybridized carbons (Fsp3) is 0.400. The molecule has 27 heavy (non-hydrogen) atoms. The zero-order valence-electron chi connectivity index (χ0n) is 14.8. The molecule has 1 aromatic carbocycles. The lowest BCUT2D eigenvalue weighted by molar-refractivity contribution is -0.135. The average Bonchev–Trinajstić information content (AvgIpc) is 3.33. The molecule has 4 rings (SSSR count). The van der Waals surface area contributed by atoms with Gasteiger partial charge >= 0.3 is 0 Å². The van der Waals surface area contributed by atoms with Gasteiger partial charge in [-0.1, -0.05) is 30.3 Å². The predicted octanol–water partition coefficient (Wildman–Crippen LogP) is 3.65. The van der Waals surface area contributed by atoms with Gasteiger partial charge in [-0.25, -0.2) is 0 Å². The van der Waals surface area contributed by atoms with Gasteiger partial charge in [0, 0.05) is 13.1 Å². The van der Waals surface area contributed by atoms with Gasteiger partial charge in [0.2, 0.25) is 11.8 Å². The Labute approximate surface area is 167 Å². The number of nitrogens with zero attached hydrogens (tertiary/aromatic N) is 2. The molecule has 0 radical (unpaired) electrons. The van der Waals surface area contributed by atoms with Crippen LogP contribution >= 0.6 is 23.4 Å². The van der Waals surface area contributed by atoms with E-state index in [2.05, 4.69) is 0 Å². The van der Waals surface area contributed by atoms with Crippen molar-refractivity contribution in [1.29, 1.82) is 0 Å². The van der Waals surface area contributed by atoms with E-state index < -0.39 is 5.38 Å². The highest BCUT2D eigenvalue weighted by Crippen LogP contribution is 2.45. The molecule has 0 N–H and O–H groups in total. The van der Waals surface area contributed by atoms with Crippen LogP contribution in [0.25, 0.3) is 0 Å². The second-order valence-electron chi connectivity index (χ2n) is 6.89. The summed E-state index contributed by atoms with van der Waals surface area (Å²) in [5.41, 5.74) is 0.814. The Morgan fingerprint density at radius 2 is 1.93 bits per heavy atom. The Morgan fingerprint density at radius 1 is 1.19 bits per heavy atom. The van der Waals surface area contributed by atoms with E-state index in [1.54, 1.807) is 18.0 Å². The van der Waals surface area contributed by atoms with Crippen molar-refractivity contribution in [3.05, 3.63) is 60.1 Å². The van der Waals surface area contributed by atoms with Gasteiger partial charge < -0.3 is 14.2 Å². The van der Waals surface area contributed by atoms with Gasteiger partial charge in [-0.15, -0.1) is 23.4 Å². The smallest absolute Gasteiger partial charge is 0.245 e. The van der Waals surface area contributed by atoms with Crippen LogP contribution in [0.5, 0.6) is 0 Å². The highest BCUT2D eigenvalue weighted by molar-refractivity contribution is 8.01.